The molecule has 0 saturated heterocycles. The molecule has 0 aliphatic heterocycles. The molecule has 1 atom stereocenters. The van der Waals surface area contributed by atoms with Crippen LogP contribution in [0, 0.1) is 0 Å². The maximum Gasteiger partial charge on any atom is 0.253 e. The Morgan fingerprint density at radius 1 is 1.25 bits per heavy atom. The monoisotopic (exact) mass is 353 g/mol. The van der Waals surface area contributed by atoms with E-state index < -0.39 is 6.04 Å². The molecule has 0 heterocycles. The van der Waals surface area contributed by atoms with E-state index in [9.17, 15) is 9.90 Å². The van der Waals surface area contributed by atoms with Gasteiger partial charge < -0.3 is 10.4 Å². The van der Waals surface area contributed by atoms with Gasteiger partial charge in [0.25, 0.3) is 5.91 Å². The lowest BCUT2D eigenvalue weighted by atomic mass is 10.1. The predicted octanol–water partition coefficient (Wildman–Crippen LogP) is 3.57. The Bertz CT molecular complexity index is 604. The standard InChI is InChI=1S/C15H13BrClNO2/c16-11-6-7-12(13(17)8-11)15(20)18-14(9-19)10-4-2-1-3-5-10/h1-8,14,19H,9H2,(H,18,20). The molecule has 1 unspecified atom stereocenters. The van der Waals surface area contributed by atoms with Gasteiger partial charge in [0.1, 0.15) is 0 Å². The number of amides is 1. The molecule has 5 heteroatoms. The van der Waals surface area contributed by atoms with Gasteiger partial charge in [-0.25, -0.2) is 0 Å². The largest absolute Gasteiger partial charge is 0.394 e. The third kappa shape index (κ3) is 3.60. The average molecular weight is 355 g/mol. The second-order valence-electron chi connectivity index (χ2n) is 4.24. The molecule has 0 bridgehead atoms. The molecule has 0 fully saturated rings. The first kappa shape index (κ1) is 15.0. The minimum Gasteiger partial charge on any atom is -0.394 e. The van der Waals surface area contributed by atoms with Gasteiger partial charge in [0.05, 0.1) is 23.2 Å². The van der Waals surface area contributed by atoms with E-state index in [1.165, 1.54) is 0 Å². The summed E-state index contributed by atoms with van der Waals surface area (Å²) in [6.45, 7) is -0.177. The molecule has 104 valence electrons. The number of rotatable bonds is 4. The zero-order chi connectivity index (χ0) is 14.5. The van der Waals surface area contributed by atoms with Crippen LogP contribution in [0.3, 0.4) is 0 Å². The first-order chi connectivity index (χ1) is 9.61. The van der Waals surface area contributed by atoms with Crippen LogP contribution < -0.4 is 5.32 Å². The van der Waals surface area contributed by atoms with Crippen LogP contribution in [-0.2, 0) is 0 Å². The van der Waals surface area contributed by atoms with E-state index in [2.05, 4.69) is 21.2 Å². The molecule has 0 saturated carbocycles. The molecule has 20 heavy (non-hydrogen) atoms. The van der Waals surface area contributed by atoms with Crippen molar-refractivity contribution in [3.8, 4) is 0 Å². The Morgan fingerprint density at radius 2 is 1.95 bits per heavy atom. The molecule has 0 aliphatic rings. The summed E-state index contributed by atoms with van der Waals surface area (Å²) in [6, 6.07) is 13.9. The normalized spacial score (nSPS) is 11.9. The zero-order valence-corrected chi connectivity index (χ0v) is 12.9. The zero-order valence-electron chi connectivity index (χ0n) is 10.5. The van der Waals surface area contributed by atoms with E-state index in [-0.39, 0.29) is 12.5 Å². The summed E-state index contributed by atoms with van der Waals surface area (Å²) in [6.07, 6.45) is 0. The molecule has 2 aromatic carbocycles. The molecule has 2 aromatic rings. The topological polar surface area (TPSA) is 49.3 Å². The van der Waals surface area contributed by atoms with Crippen molar-refractivity contribution >= 4 is 33.4 Å². The van der Waals surface area contributed by atoms with Crippen molar-refractivity contribution in [3.05, 3.63) is 69.2 Å². The molecule has 1 amide bonds. The number of carbonyl (C=O) groups excluding carboxylic acids is 1. The van der Waals surface area contributed by atoms with Gasteiger partial charge in [-0.3, -0.25) is 4.79 Å². The first-order valence-corrected chi connectivity index (χ1v) is 7.20. The lowest BCUT2D eigenvalue weighted by molar-refractivity contribution is 0.0916. The molecule has 3 nitrogen and oxygen atoms in total. The van der Waals surface area contributed by atoms with Crippen molar-refractivity contribution in [2.45, 2.75) is 6.04 Å². The van der Waals surface area contributed by atoms with Gasteiger partial charge in [-0.2, -0.15) is 0 Å². The number of aliphatic hydroxyl groups excluding tert-OH is 1. The van der Waals surface area contributed by atoms with E-state index in [1.54, 1.807) is 18.2 Å². The lowest BCUT2D eigenvalue weighted by Crippen LogP contribution is -2.30. The third-order valence-corrected chi connectivity index (χ3v) is 3.67. The van der Waals surface area contributed by atoms with E-state index in [1.807, 2.05) is 30.3 Å². The Kier molecular flexibility index (Phi) is 5.17. The molecule has 2 rings (SSSR count). The number of carbonyl (C=O) groups is 1. The van der Waals surface area contributed by atoms with Crippen molar-refractivity contribution < 1.29 is 9.90 Å². The summed E-state index contributed by atoms with van der Waals surface area (Å²) in [5.41, 5.74) is 1.22. The third-order valence-electron chi connectivity index (χ3n) is 2.87. The summed E-state index contributed by atoms with van der Waals surface area (Å²) in [5, 5.41) is 12.6. The Hall–Kier alpha value is -1.36. The highest BCUT2D eigenvalue weighted by Crippen LogP contribution is 2.22. The SMILES string of the molecule is O=C(NC(CO)c1ccccc1)c1ccc(Br)cc1Cl. The van der Waals surface area contributed by atoms with E-state index >= 15 is 0 Å². The molecule has 2 N–H and O–H groups in total. The van der Waals surface area contributed by atoms with Crippen molar-refractivity contribution in [2.75, 3.05) is 6.61 Å². The first-order valence-electron chi connectivity index (χ1n) is 6.03. The maximum atomic E-state index is 12.2. The lowest BCUT2D eigenvalue weighted by Gasteiger charge is -2.17. The van der Waals surface area contributed by atoms with Gasteiger partial charge in [0.15, 0.2) is 0 Å². The molecule has 0 aromatic heterocycles. The van der Waals surface area contributed by atoms with Gasteiger partial charge in [0, 0.05) is 4.47 Å². The number of halogens is 2. The van der Waals surface area contributed by atoms with Gasteiger partial charge in [-0.05, 0) is 23.8 Å². The Balaban J connectivity index is 2.17. The van der Waals surface area contributed by atoms with Crippen LogP contribution in [0.15, 0.2) is 53.0 Å². The van der Waals surface area contributed by atoms with Crippen LogP contribution in [-0.4, -0.2) is 17.6 Å². The number of hydrogen-bond donors (Lipinski definition) is 2. The fraction of sp³-hybridized carbons (Fsp3) is 0.133. The van der Waals surface area contributed by atoms with Crippen LogP contribution in [0.2, 0.25) is 5.02 Å². The number of nitrogens with one attached hydrogen (secondary N) is 1. The van der Waals surface area contributed by atoms with Crippen LogP contribution in [0.5, 0.6) is 0 Å². The molecular formula is C15H13BrClNO2. The fourth-order valence-corrected chi connectivity index (χ4v) is 2.59. The molecule has 0 aliphatic carbocycles. The van der Waals surface area contributed by atoms with Gasteiger partial charge in [-0.15, -0.1) is 0 Å². The second kappa shape index (κ2) is 6.88. The maximum absolute atomic E-state index is 12.2. The van der Waals surface area contributed by atoms with Crippen molar-refractivity contribution in [3.63, 3.8) is 0 Å². The quantitative estimate of drug-likeness (QED) is 0.882. The van der Waals surface area contributed by atoms with E-state index in [0.29, 0.717) is 10.6 Å². The predicted molar refractivity (Wildman–Crippen MR) is 82.9 cm³/mol. The van der Waals surface area contributed by atoms with Crippen LogP contribution in [0.4, 0.5) is 0 Å². The summed E-state index contributed by atoms with van der Waals surface area (Å²) in [7, 11) is 0. The van der Waals surface area contributed by atoms with Crippen LogP contribution in [0.1, 0.15) is 22.0 Å². The summed E-state index contributed by atoms with van der Waals surface area (Å²) in [5.74, 6) is -0.314. The Morgan fingerprint density at radius 3 is 2.55 bits per heavy atom. The van der Waals surface area contributed by atoms with Crippen molar-refractivity contribution in [1.82, 2.24) is 5.32 Å². The van der Waals surface area contributed by atoms with Gasteiger partial charge in [-0.1, -0.05) is 57.9 Å². The number of hydrogen-bond acceptors (Lipinski definition) is 2. The number of aliphatic hydroxyl groups is 1. The van der Waals surface area contributed by atoms with Gasteiger partial charge in [0.2, 0.25) is 0 Å². The fourth-order valence-electron chi connectivity index (χ4n) is 1.83. The van der Waals surface area contributed by atoms with Crippen LogP contribution >= 0.6 is 27.5 Å². The highest BCUT2D eigenvalue weighted by Gasteiger charge is 2.16. The summed E-state index contributed by atoms with van der Waals surface area (Å²) in [4.78, 5) is 12.2. The average Bonchev–Trinajstić information content (AvgIpc) is 2.45. The summed E-state index contributed by atoms with van der Waals surface area (Å²) < 4.78 is 0.806. The van der Waals surface area contributed by atoms with Crippen LogP contribution in [0.25, 0.3) is 0 Å². The molecule has 0 spiro atoms. The minimum absolute atomic E-state index is 0.177. The Labute approximate surface area is 130 Å². The van der Waals surface area contributed by atoms with Crippen molar-refractivity contribution in [1.29, 1.82) is 0 Å². The van der Waals surface area contributed by atoms with Crippen molar-refractivity contribution in [2.24, 2.45) is 0 Å². The highest BCUT2D eigenvalue weighted by molar-refractivity contribution is 9.10. The number of benzene rings is 2. The smallest absolute Gasteiger partial charge is 0.253 e. The minimum atomic E-state index is -0.455. The van der Waals surface area contributed by atoms with Gasteiger partial charge >= 0.3 is 0 Å². The second-order valence-corrected chi connectivity index (χ2v) is 5.57. The molecular weight excluding hydrogens is 342 g/mol. The summed E-state index contributed by atoms with van der Waals surface area (Å²) >= 11 is 9.33. The van der Waals surface area contributed by atoms with E-state index in [0.717, 1.165) is 10.0 Å². The molecule has 0 radical (unpaired) electrons. The highest BCUT2D eigenvalue weighted by atomic mass is 79.9. The van der Waals surface area contributed by atoms with E-state index in [4.69, 9.17) is 11.6 Å².